The Balaban J connectivity index is 1.60. The van der Waals surface area contributed by atoms with Gasteiger partial charge in [0.2, 0.25) is 0 Å². The number of carbonyl (C=O) groups excluding carboxylic acids is 2. The molecule has 0 spiro atoms. The molecule has 2 aromatic carbocycles. The lowest BCUT2D eigenvalue weighted by Gasteiger charge is -2.30. The first-order valence-corrected chi connectivity index (χ1v) is 10.0. The van der Waals surface area contributed by atoms with Crippen molar-refractivity contribution in [1.82, 2.24) is 4.98 Å². The van der Waals surface area contributed by atoms with Gasteiger partial charge >= 0.3 is 5.97 Å². The number of methoxy groups -OCH3 is 2. The van der Waals surface area contributed by atoms with Crippen LogP contribution >= 0.6 is 0 Å². The molecule has 1 unspecified atom stereocenters. The van der Waals surface area contributed by atoms with Gasteiger partial charge in [0.05, 0.1) is 32.0 Å². The van der Waals surface area contributed by atoms with Crippen molar-refractivity contribution < 1.29 is 24.0 Å². The number of H-pyrrole nitrogens is 1. The third-order valence-electron chi connectivity index (χ3n) is 5.90. The van der Waals surface area contributed by atoms with E-state index in [1.807, 2.05) is 19.1 Å². The summed E-state index contributed by atoms with van der Waals surface area (Å²) in [6.07, 6.45) is 0.948. The van der Waals surface area contributed by atoms with Gasteiger partial charge in [0, 0.05) is 23.4 Å². The van der Waals surface area contributed by atoms with E-state index in [0.29, 0.717) is 17.0 Å². The largest absolute Gasteiger partial charge is 0.497 e. The quantitative estimate of drug-likeness (QED) is 0.564. The van der Waals surface area contributed by atoms with Gasteiger partial charge in [0.25, 0.3) is 5.91 Å². The normalized spacial score (nSPS) is 16.6. The lowest BCUT2D eigenvalue weighted by atomic mass is 9.98. The number of esters is 1. The predicted octanol–water partition coefficient (Wildman–Crippen LogP) is 1.93. The molecule has 2 atom stereocenters. The van der Waals surface area contributed by atoms with Crippen LogP contribution < -0.4 is 15.0 Å². The molecule has 3 aromatic rings. The molecule has 1 aliphatic rings. The van der Waals surface area contributed by atoms with Gasteiger partial charge in [-0.15, -0.1) is 0 Å². The molecule has 1 amide bonds. The summed E-state index contributed by atoms with van der Waals surface area (Å²) in [5.74, 6) is -0.0125. The molecular formula is C23H26N3O4+. The van der Waals surface area contributed by atoms with E-state index in [1.54, 1.807) is 19.2 Å². The van der Waals surface area contributed by atoms with Crippen LogP contribution in [0.1, 0.15) is 28.5 Å². The summed E-state index contributed by atoms with van der Waals surface area (Å²) in [6, 6.07) is 13.5. The second kappa shape index (κ2) is 8.20. The topological polar surface area (TPSA) is 84.9 Å². The Morgan fingerprint density at radius 1 is 1.13 bits per heavy atom. The Bertz CT molecular complexity index is 1110. The number of carbonyl (C=O) groups is 2. The van der Waals surface area contributed by atoms with Crippen LogP contribution in [0, 0.1) is 0 Å². The zero-order chi connectivity index (χ0) is 21.3. The summed E-state index contributed by atoms with van der Waals surface area (Å²) >= 11 is 0. The molecule has 3 N–H and O–H groups in total. The van der Waals surface area contributed by atoms with Crippen molar-refractivity contribution >= 4 is 28.5 Å². The molecule has 0 saturated carbocycles. The molecule has 2 heterocycles. The Morgan fingerprint density at radius 2 is 1.90 bits per heavy atom. The number of aromatic nitrogens is 1. The lowest BCUT2D eigenvalue weighted by molar-refractivity contribution is -0.929. The highest BCUT2D eigenvalue weighted by molar-refractivity contribution is 6.11. The van der Waals surface area contributed by atoms with E-state index in [9.17, 15) is 9.59 Å². The van der Waals surface area contributed by atoms with E-state index in [-0.39, 0.29) is 17.6 Å². The molecule has 1 aromatic heterocycles. The van der Waals surface area contributed by atoms with Crippen molar-refractivity contribution in [3.63, 3.8) is 0 Å². The molecule has 1 aliphatic heterocycles. The minimum atomic E-state index is -0.535. The van der Waals surface area contributed by atoms with E-state index >= 15 is 0 Å². The number of ether oxygens (including phenoxy) is 2. The van der Waals surface area contributed by atoms with Crippen molar-refractivity contribution in [3.8, 4) is 5.75 Å². The lowest BCUT2D eigenvalue weighted by Crippen LogP contribution is -3.16. The van der Waals surface area contributed by atoms with E-state index in [1.165, 1.54) is 23.1 Å². The molecule has 30 heavy (non-hydrogen) atoms. The highest BCUT2D eigenvalue weighted by atomic mass is 16.5. The zero-order valence-corrected chi connectivity index (χ0v) is 17.4. The van der Waals surface area contributed by atoms with E-state index in [4.69, 9.17) is 9.47 Å². The molecule has 4 rings (SSSR count). The van der Waals surface area contributed by atoms with Gasteiger partial charge in [-0.05, 0) is 24.6 Å². The van der Waals surface area contributed by atoms with Crippen LogP contribution in [0.5, 0.6) is 5.75 Å². The fourth-order valence-electron chi connectivity index (χ4n) is 4.08. The second-order valence-corrected chi connectivity index (χ2v) is 7.59. The maximum Gasteiger partial charge on any atom is 0.356 e. The fraction of sp³-hybridized carbons (Fsp3) is 0.304. The Morgan fingerprint density at radius 3 is 2.63 bits per heavy atom. The van der Waals surface area contributed by atoms with Crippen molar-refractivity contribution in [2.45, 2.75) is 25.9 Å². The number of nitrogens with one attached hydrogen (secondary N) is 3. The highest BCUT2D eigenvalue weighted by Crippen LogP contribution is 2.31. The number of anilines is 1. The summed E-state index contributed by atoms with van der Waals surface area (Å²) in [7, 11) is 2.90. The molecule has 0 aliphatic carbocycles. The van der Waals surface area contributed by atoms with Crippen molar-refractivity contribution in [2.75, 3.05) is 26.1 Å². The standard InChI is InChI=1S/C23H25N3O4/c1-14(26-11-10-15-6-4-5-7-16(15)13-26)22(27)25-20-18-9-8-17(29-2)12-19(18)24-21(20)23(28)30-3/h4-9,12,14,24H,10-11,13H2,1-3H3,(H,25,27)/p+1/t14-/m0/s1. The Labute approximate surface area is 175 Å². The van der Waals surface area contributed by atoms with E-state index < -0.39 is 5.97 Å². The molecule has 0 radical (unpaired) electrons. The first-order valence-electron chi connectivity index (χ1n) is 10.0. The number of amides is 1. The van der Waals surface area contributed by atoms with Crippen molar-refractivity contribution in [1.29, 1.82) is 0 Å². The van der Waals surface area contributed by atoms with Crippen molar-refractivity contribution in [3.05, 3.63) is 59.3 Å². The average Bonchev–Trinajstić information content (AvgIpc) is 3.14. The van der Waals surface area contributed by atoms with Gasteiger partial charge in [0.1, 0.15) is 18.0 Å². The Kier molecular flexibility index (Phi) is 5.46. The first kappa shape index (κ1) is 20.0. The SMILES string of the molecule is COC(=O)c1[nH]c2cc(OC)ccc2c1NC(=O)[C@H](C)[NH+]1CCc2ccccc2C1. The predicted molar refractivity (Wildman–Crippen MR) is 114 cm³/mol. The van der Waals surface area contributed by atoms with Crippen LogP contribution in [-0.4, -0.2) is 43.7 Å². The summed E-state index contributed by atoms with van der Waals surface area (Å²) in [5.41, 5.74) is 3.99. The van der Waals surface area contributed by atoms with Gasteiger partial charge in [-0.3, -0.25) is 4.79 Å². The van der Waals surface area contributed by atoms with Gasteiger partial charge in [-0.1, -0.05) is 24.3 Å². The van der Waals surface area contributed by atoms with Crippen LogP contribution in [0.2, 0.25) is 0 Å². The van der Waals surface area contributed by atoms with Crippen LogP contribution in [0.15, 0.2) is 42.5 Å². The van der Waals surface area contributed by atoms with Crippen LogP contribution in [0.3, 0.4) is 0 Å². The van der Waals surface area contributed by atoms with E-state index in [0.717, 1.165) is 24.9 Å². The maximum atomic E-state index is 13.1. The second-order valence-electron chi connectivity index (χ2n) is 7.59. The van der Waals surface area contributed by atoms with Crippen molar-refractivity contribution in [2.24, 2.45) is 0 Å². The maximum absolute atomic E-state index is 13.1. The summed E-state index contributed by atoms with van der Waals surface area (Å²) < 4.78 is 10.2. The minimum absolute atomic E-state index is 0.133. The third kappa shape index (κ3) is 3.64. The smallest absolute Gasteiger partial charge is 0.356 e. The molecule has 7 heteroatoms. The summed E-state index contributed by atoms with van der Waals surface area (Å²) in [5, 5.41) is 3.71. The summed E-state index contributed by atoms with van der Waals surface area (Å²) in [6.45, 7) is 3.62. The number of hydrogen-bond donors (Lipinski definition) is 3. The third-order valence-corrected chi connectivity index (χ3v) is 5.90. The number of rotatable bonds is 5. The molecule has 0 saturated heterocycles. The number of hydrogen-bond acceptors (Lipinski definition) is 4. The van der Waals surface area contributed by atoms with Gasteiger partial charge in [-0.25, -0.2) is 4.79 Å². The van der Waals surface area contributed by atoms with Gasteiger partial charge in [-0.2, -0.15) is 0 Å². The summed E-state index contributed by atoms with van der Waals surface area (Å²) in [4.78, 5) is 29.7. The van der Waals surface area contributed by atoms with Gasteiger partial charge < -0.3 is 24.7 Å². The molecule has 7 nitrogen and oxygen atoms in total. The molecule has 0 bridgehead atoms. The minimum Gasteiger partial charge on any atom is -0.497 e. The monoisotopic (exact) mass is 408 g/mol. The van der Waals surface area contributed by atoms with Crippen LogP contribution in [0.25, 0.3) is 10.9 Å². The van der Waals surface area contributed by atoms with Gasteiger partial charge in [0.15, 0.2) is 6.04 Å². The van der Waals surface area contributed by atoms with E-state index in [2.05, 4.69) is 28.5 Å². The molecular weight excluding hydrogens is 382 g/mol. The first-order chi connectivity index (χ1) is 14.5. The molecule has 0 fully saturated rings. The van der Waals surface area contributed by atoms with Crippen LogP contribution in [0.4, 0.5) is 5.69 Å². The Hall–Kier alpha value is -3.32. The van der Waals surface area contributed by atoms with Crippen LogP contribution in [-0.2, 0) is 22.5 Å². The zero-order valence-electron chi connectivity index (χ0n) is 17.4. The molecule has 156 valence electrons. The fourth-order valence-corrected chi connectivity index (χ4v) is 4.08. The number of quaternary nitrogens is 1. The number of aromatic amines is 1. The number of fused-ring (bicyclic) bond motifs is 2. The highest BCUT2D eigenvalue weighted by Gasteiger charge is 2.30. The average molecular weight is 408 g/mol. The number of benzene rings is 2.